The van der Waals surface area contributed by atoms with Crippen LogP contribution in [0.25, 0.3) is 0 Å². The van der Waals surface area contributed by atoms with Gasteiger partial charge < -0.3 is 10.4 Å². The molecule has 0 atom stereocenters. The number of carbonyl (C=O) groups excluding carboxylic acids is 1. The zero-order valence-electron chi connectivity index (χ0n) is 9.98. The average molecular weight is 245 g/mol. The molecule has 0 saturated carbocycles. The fourth-order valence-electron chi connectivity index (χ4n) is 1.45. The van der Waals surface area contributed by atoms with Crippen molar-refractivity contribution in [1.82, 2.24) is 5.32 Å². The topological polar surface area (TPSA) is 66.4 Å². The molecule has 0 spiro atoms. The molecule has 0 aliphatic rings. The molecule has 18 heavy (non-hydrogen) atoms. The minimum Gasteiger partial charge on any atom is -0.478 e. The van der Waals surface area contributed by atoms with Gasteiger partial charge in [0.25, 0.3) is 5.91 Å². The predicted molar refractivity (Wildman–Crippen MR) is 68.4 cm³/mol. The van der Waals surface area contributed by atoms with Crippen LogP contribution in [-0.4, -0.2) is 23.5 Å². The van der Waals surface area contributed by atoms with E-state index in [-0.39, 0.29) is 11.5 Å². The number of hydrogen-bond acceptors (Lipinski definition) is 2. The minimum atomic E-state index is -1.04. The molecule has 1 aromatic rings. The molecule has 0 heterocycles. The van der Waals surface area contributed by atoms with E-state index < -0.39 is 5.97 Å². The molecule has 4 heteroatoms. The number of amides is 1. The van der Waals surface area contributed by atoms with Crippen LogP contribution in [0.2, 0.25) is 0 Å². The molecule has 0 aromatic heterocycles. The average Bonchev–Trinajstić information content (AvgIpc) is 2.38. The summed E-state index contributed by atoms with van der Waals surface area (Å²) in [5.41, 5.74) is 0.460. The van der Waals surface area contributed by atoms with Crippen LogP contribution >= 0.6 is 0 Å². The number of terminal acetylenes is 1. The first-order valence-electron chi connectivity index (χ1n) is 5.70. The Bertz CT molecular complexity index is 474. The molecule has 2 N–H and O–H groups in total. The van der Waals surface area contributed by atoms with Crippen LogP contribution in [0.1, 0.15) is 40.0 Å². The number of unbranched alkanes of at least 4 members (excludes halogenated alkanes) is 2. The summed E-state index contributed by atoms with van der Waals surface area (Å²) in [4.78, 5) is 22.5. The third kappa shape index (κ3) is 4.30. The number of carboxylic acid groups (broad SMARTS) is 1. The van der Waals surface area contributed by atoms with E-state index >= 15 is 0 Å². The molecular formula is C14H15NO3. The minimum absolute atomic E-state index is 0.106. The van der Waals surface area contributed by atoms with Crippen molar-refractivity contribution in [2.45, 2.75) is 19.3 Å². The van der Waals surface area contributed by atoms with Gasteiger partial charge >= 0.3 is 5.97 Å². The number of hydrogen-bond donors (Lipinski definition) is 2. The van der Waals surface area contributed by atoms with E-state index in [9.17, 15) is 9.59 Å². The van der Waals surface area contributed by atoms with Crippen molar-refractivity contribution in [3.8, 4) is 12.3 Å². The Kier molecular flexibility index (Phi) is 5.46. The van der Waals surface area contributed by atoms with Gasteiger partial charge in [-0.25, -0.2) is 4.79 Å². The van der Waals surface area contributed by atoms with Crippen molar-refractivity contribution < 1.29 is 14.7 Å². The Labute approximate surface area is 106 Å². The van der Waals surface area contributed by atoms with Gasteiger partial charge in [-0.15, -0.1) is 12.3 Å². The lowest BCUT2D eigenvalue weighted by molar-refractivity contribution is 0.0697. The lowest BCUT2D eigenvalue weighted by atomic mass is 10.1. The number of aromatic carboxylic acids is 1. The Morgan fingerprint density at radius 1 is 1.28 bits per heavy atom. The fraction of sp³-hybridized carbons (Fsp3) is 0.286. The standard InChI is InChI=1S/C14H15NO3/c1-2-3-4-5-9-15-13(16)11-7-6-8-12(10-11)14(17)18/h1,6-8,10H,3-5,9H2,(H,15,16)(H,17,18). The van der Waals surface area contributed by atoms with Crippen LogP contribution in [0.15, 0.2) is 24.3 Å². The second kappa shape index (κ2) is 7.13. The van der Waals surface area contributed by atoms with Gasteiger partial charge in [0.2, 0.25) is 0 Å². The van der Waals surface area contributed by atoms with Gasteiger partial charge in [-0.05, 0) is 31.0 Å². The molecule has 0 fully saturated rings. The number of benzene rings is 1. The molecule has 0 aliphatic heterocycles. The molecular weight excluding hydrogens is 230 g/mol. The van der Waals surface area contributed by atoms with Gasteiger partial charge in [0, 0.05) is 18.5 Å². The number of rotatable bonds is 6. The summed E-state index contributed by atoms with van der Waals surface area (Å²) in [6.45, 7) is 0.539. The third-order valence-corrected chi connectivity index (χ3v) is 2.41. The summed E-state index contributed by atoms with van der Waals surface area (Å²) in [5, 5.41) is 11.5. The van der Waals surface area contributed by atoms with E-state index in [0.717, 1.165) is 12.8 Å². The van der Waals surface area contributed by atoms with Gasteiger partial charge in [-0.2, -0.15) is 0 Å². The quantitative estimate of drug-likeness (QED) is 0.594. The SMILES string of the molecule is C#CCCCCNC(=O)c1cccc(C(=O)O)c1. The van der Waals surface area contributed by atoms with Crippen molar-refractivity contribution in [1.29, 1.82) is 0 Å². The maximum atomic E-state index is 11.7. The molecule has 0 aliphatic carbocycles. The molecule has 1 amide bonds. The van der Waals surface area contributed by atoms with Crippen LogP contribution in [0.3, 0.4) is 0 Å². The summed E-state index contributed by atoms with van der Waals surface area (Å²) >= 11 is 0. The molecule has 1 rings (SSSR count). The number of carboxylic acids is 1. The molecule has 4 nitrogen and oxygen atoms in total. The maximum absolute atomic E-state index is 11.7. The lowest BCUT2D eigenvalue weighted by Gasteiger charge is -2.05. The monoisotopic (exact) mass is 245 g/mol. The normalized spacial score (nSPS) is 9.50. The summed E-state index contributed by atoms with van der Waals surface area (Å²) in [6.07, 6.45) is 7.49. The molecule has 0 bridgehead atoms. The molecule has 0 unspecified atom stereocenters. The first kappa shape index (κ1) is 13.8. The second-order valence-corrected chi connectivity index (χ2v) is 3.80. The van der Waals surface area contributed by atoms with Gasteiger partial charge in [-0.3, -0.25) is 4.79 Å². The van der Waals surface area contributed by atoms with E-state index in [0.29, 0.717) is 18.5 Å². The summed E-state index contributed by atoms with van der Waals surface area (Å²) < 4.78 is 0. The van der Waals surface area contributed by atoms with E-state index in [1.54, 1.807) is 12.1 Å². The van der Waals surface area contributed by atoms with Crippen LogP contribution in [-0.2, 0) is 0 Å². The zero-order chi connectivity index (χ0) is 13.4. The van der Waals surface area contributed by atoms with Gasteiger partial charge in [-0.1, -0.05) is 6.07 Å². The largest absolute Gasteiger partial charge is 0.478 e. The smallest absolute Gasteiger partial charge is 0.335 e. The zero-order valence-corrected chi connectivity index (χ0v) is 9.98. The summed E-state index contributed by atoms with van der Waals surface area (Å²) in [5.74, 6) is 1.22. The van der Waals surface area contributed by atoms with Gasteiger partial charge in [0.15, 0.2) is 0 Å². The molecule has 0 radical (unpaired) electrons. The third-order valence-electron chi connectivity index (χ3n) is 2.41. The molecule has 94 valence electrons. The highest BCUT2D eigenvalue weighted by atomic mass is 16.4. The highest BCUT2D eigenvalue weighted by Gasteiger charge is 2.08. The first-order valence-corrected chi connectivity index (χ1v) is 5.70. The summed E-state index contributed by atoms with van der Waals surface area (Å²) in [7, 11) is 0. The van der Waals surface area contributed by atoms with Crippen LogP contribution in [0, 0.1) is 12.3 Å². The Hall–Kier alpha value is -2.28. The van der Waals surface area contributed by atoms with Gasteiger partial charge in [0.1, 0.15) is 0 Å². The van der Waals surface area contributed by atoms with E-state index in [2.05, 4.69) is 11.2 Å². The van der Waals surface area contributed by atoms with Crippen molar-refractivity contribution >= 4 is 11.9 Å². The van der Waals surface area contributed by atoms with Crippen LogP contribution in [0.5, 0.6) is 0 Å². The highest BCUT2D eigenvalue weighted by Crippen LogP contribution is 2.05. The Morgan fingerprint density at radius 2 is 2.00 bits per heavy atom. The maximum Gasteiger partial charge on any atom is 0.335 e. The molecule has 1 aromatic carbocycles. The van der Waals surface area contributed by atoms with Crippen molar-refractivity contribution in [3.63, 3.8) is 0 Å². The van der Waals surface area contributed by atoms with Crippen molar-refractivity contribution in [2.24, 2.45) is 0 Å². The summed E-state index contributed by atoms with van der Waals surface area (Å²) in [6, 6.07) is 5.95. The second-order valence-electron chi connectivity index (χ2n) is 3.80. The van der Waals surface area contributed by atoms with E-state index in [1.807, 2.05) is 0 Å². The lowest BCUT2D eigenvalue weighted by Crippen LogP contribution is -2.24. The van der Waals surface area contributed by atoms with E-state index in [4.69, 9.17) is 11.5 Å². The first-order chi connectivity index (χ1) is 8.65. The Balaban J connectivity index is 2.49. The van der Waals surface area contributed by atoms with Gasteiger partial charge in [0.05, 0.1) is 5.56 Å². The van der Waals surface area contributed by atoms with Crippen LogP contribution < -0.4 is 5.32 Å². The Morgan fingerprint density at radius 3 is 2.67 bits per heavy atom. The predicted octanol–water partition coefficient (Wildman–Crippen LogP) is 1.92. The van der Waals surface area contributed by atoms with Crippen molar-refractivity contribution in [3.05, 3.63) is 35.4 Å². The fourth-order valence-corrected chi connectivity index (χ4v) is 1.45. The highest BCUT2D eigenvalue weighted by molar-refractivity contribution is 5.97. The number of nitrogens with one attached hydrogen (secondary N) is 1. The van der Waals surface area contributed by atoms with E-state index in [1.165, 1.54) is 12.1 Å². The van der Waals surface area contributed by atoms with Crippen LogP contribution in [0.4, 0.5) is 0 Å². The number of carbonyl (C=O) groups is 2. The van der Waals surface area contributed by atoms with Crippen molar-refractivity contribution in [2.75, 3.05) is 6.54 Å². The molecule has 0 saturated heterocycles.